The summed E-state index contributed by atoms with van der Waals surface area (Å²) < 4.78 is 0. The lowest BCUT2D eigenvalue weighted by Gasteiger charge is -2.26. The third-order valence-corrected chi connectivity index (χ3v) is 3.72. The fourth-order valence-electron chi connectivity index (χ4n) is 2.29. The van der Waals surface area contributed by atoms with Gasteiger partial charge in [0.15, 0.2) is 0 Å². The fraction of sp³-hybridized carbons (Fsp3) is 0.571. The van der Waals surface area contributed by atoms with Crippen LogP contribution in [-0.2, 0) is 5.88 Å². The molecule has 19 heavy (non-hydrogen) atoms. The second-order valence-electron chi connectivity index (χ2n) is 5.09. The molecule has 0 N–H and O–H groups in total. The van der Waals surface area contributed by atoms with Crippen molar-refractivity contribution in [3.8, 4) is 0 Å². The summed E-state index contributed by atoms with van der Waals surface area (Å²) in [4.78, 5) is 12.8. The number of anilines is 1. The van der Waals surface area contributed by atoms with Gasteiger partial charge in [0.05, 0.1) is 4.92 Å². The Balaban J connectivity index is 2.26. The number of halogens is 1. The molecule has 0 atom stereocenters. The predicted molar refractivity (Wildman–Crippen MR) is 77.9 cm³/mol. The van der Waals surface area contributed by atoms with E-state index >= 15 is 0 Å². The maximum atomic E-state index is 10.8. The van der Waals surface area contributed by atoms with Gasteiger partial charge in [-0.25, -0.2) is 0 Å². The minimum Gasteiger partial charge on any atom is -0.371 e. The molecule has 5 heteroatoms. The van der Waals surface area contributed by atoms with Crippen molar-refractivity contribution in [3.63, 3.8) is 0 Å². The third-order valence-electron chi connectivity index (χ3n) is 3.43. The highest BCUT2D eigenvalue weighted by molar-refractivity contribution is 6.17. The van der Waals surface area contributed by atoms with E-state index in [1.165, 1.54) is 12.8 Å². The van der Waals surface area contributed by atoms with Crippen molar-refractivity contribution < 1.29 is 4.92 Å². The van der Waals surface area contributed by atoms with E-state index in [9.17, 15) is 10.1 Å². The maximum Gasteiger partial charge on any atom is 0.269 e. The molecule has 0 heterocycles. The monoisotopic (exact) mass is 282 g/mol. The van der Waals surface area contributed by atoms with Crippen molar-refractivity contribution >= 4 is 23.0 Å². The molecule has 1 aromatic carbocycles. The Morgan fingerprint density at radius 2 is 2.21 bits per heavy atom. The van der Waals surface area contributed by atoms with Gasteiger partial charge in [0.2, 0.25) is 0 Å². The highest BCUT2D eigenvalue weighted by atomic mass is 35.5. The van der Waals surface area contributed by atoms with Crippen LogP contribution in [0.15, 0.2) is 18.2 Å². The maximum absolute atomic E-state index is 10.8. The standard InChI is InChI=1S/C14H19ClN2O2/c1-2-7-16(10-11-3-4-11)14-6-5-13(17(18)19)8-12(14)9-15/h5-6,8,11H,2-4,7,9-10H2,1H3. The molecule has 0 unspecified atom stereocenters. The number of nitro groups is 1. The number of rotatable bonds is 7. The number of alkyl halides is 1. The quantitative estimate of drug-likeness (QED) is 0.432. The zero-order valence-electron chi connectivity index (χ0n) is 11.1. The van der Waals surface area contributed by atoms with Gasteiger partial charge in [-0.2, -0.15) is 0 Å². The molecule has 4 nitrogen and oxygen atoms in total. The van der Waals surface area contributed by atoms with Gasteiger partial charge in [-0.3, -0.25) is 10.1 Å². The molecule has 0 aliphatic heterocycles. The summed E-state index contributed by atoms with van der Waals surface area (Å²) in [6, 6.07) is 5.01. The van der Waals surface area contributed by atoms with Crippen LogP contribution in [0.25, 0.3) is 0 Å². The normalized spacial score (nSPS) is 14.4. The molecule has 2 rings (SSSR count). The molecule has 1 saturated carbocycles. The van der Waals surface area contributed by atoms with Crippen LogP contribution >= 0.6 is 11.6 Å². The molecule has 0 radical (unpaired) electrons. The van der Waals surface area contributed by atoms with Crippen molar-refractivity contribution in [2.75, 3.05) is 18.0 Å². The molecule has 1 aromatic rings. The average Bonchev–Trinajstić information content (AvgIpc) is 3.21. The first-order valence-electron chi connectivity index (χ1n) is 6.74. The predicted octanol–water partition coefficient (Wildman–Crippen LogP) is 3.96. The van der Waals surface area contributed by atoms with Crippen LogP contribution in [0.2, 0.25) is 0 Å². The molecule has 0 saturated heterocycles. The Bertz CT molecular complexity index is 461. The third kappa shape index (κ3) is 3.60. The molecule has 1 aliphatic carbocycles. The SMILES string of the molecule is CCCN(CC1CC1)c1ccc([N+](=O)[O-])cc1CCl. The molecule has 0 bridgehead atoms. The summed E-state index contributed by atoms with van der Waals surface area (Å²) in [5, 5.41) is 10.8. The van der Waals surface area contributed by atoms with Crippen LogP contribution in [0, 0.1) is 16.0 Å². The molecule has 1 fully saturated rings. The number of hydrogen-bond donors (Lipinski definition) is 0. The Labute approximate surface area is 118 Å². The Morgan fingerprint density at radius 1 is 1.47 bits per heavy atom. The fourth-order valence-corrected chi connectivity index (χ4v) is 2.51. The first kappa shape index (κ1) is 14.1. The summed E-state index contributed by atoms with van der Waals surface area (Å²) in [5.41, 5.74) is 2.02. The van der Waals surface area contributed by atoms with E-state index in [0.29, 0.717) is 5.88 Å². The number of hydrogen-bond acceptors (Lipinski definition) is 3. The van der Waals surface area contributed by atoms with E-state index in [0.717, 1.165) is 36.7 Å². The van der Waals surface area contributed by atoms with E-state index in [4.69, 9.17) is 11.6 Å². The van der Waals surface area contributed by atoms with Crippen LogP contribution in [0.3, 0.4) is 0 Å². The summed E-state index contributed by atoms with van der Waals surface area (Å²) in [6.45, 7) is 4.15. The highest BCUT2D eigenvalue weighted by Crippen LogP contribution is 2.34. The minimum atomic E-state index is -0.370. The number of nitrogens with zero attached hydrogens (tertiary/aromatic N) is 2. The van der Waals surface area contributed by atoms with Crippen molar-refractivity contribution in [3.05, 3.63) is 33.9 Å². The van der Waals surface area contributed by atoms with Crippen LogP contribution in [0.5, 0.6) is 0 Å². The smallest absolute Gasteiger partial charge is 0.269 e. The Morgan fingerprint density at radius 3 is 2.74 bits per heavy atom. The molecular weight excluding hydrogens is 264 g/mol. The van der Waals surface area contributed by atoms with Crippen molar-refractivity contribution in [2.45, 2.75) is 32.1 Å². The van der Waals surface area contributed by atoms with Gasteiger partial charge in [-0.15, -0.1) is 11.6 Å². The lowest BCUT2D eigenvalue weighted by Crippen LogP contribution is -2.27. The molecule has 0 aromatic heterocycles. The van der Waals surface area contributed by atoms with Gasteiger partial charge in [-0.1, -0.05) is 6.92 Å². The van der Waals surface area contributed by atoms with Crippen molar-refractivity contribution in [2.24, 2.45) is 5.92 Å². The second kappa shape index (κ2) is 6.24. The summed E-state index contributed by atoms with van der Waals surface area (Å²) in [5.74, 6) is 1.09. The Kier molecular flexibility index (Phi) is 4.64. The minimum absolute atomic E-state index is 0.113. The van der Waals surface area contributed by atoms with Gasteiger partial charge in [0, 0.05) is 36.8 Å². The van der Waals surface area contributed by atoms with Gasteiger partial charge in [-0.05, 0) is 36.8 Å². The Hall–Kier alpha value is -1.29. The van der Waals surface area contributed by atoms with E-state index in [-0.39, 0.29) is 10.6 Å². The van der Waals surface area contributed by atoms with Gasteiger partial charge in [0.1, 0.15) is 0 Å². The zero-order chi connectivity index (χ0) is 13.8. The first-order valence-corrected chi connectivity index (χ1v) is 7.27. The first-order chi connectivity index (χ1) is 9.15. The van der Waals surface area contributed by atoms with E-state index in [1.807, 2.05) is 6.07 Å². The molecule has 0 spiro atoms. The molecular formula is C14H19ClN2O2. The molecule has 104 valence electrons. The average molecular weight is 283 g/mol. The largest absolute Gasteiger partial charge is 0.371 e. The van der Waals surface area contributed by atoms with E-state index in [1.54, 1.807) is 12.1 Å². The summed E-state index contributed by atoms with van der Waals surface area (Å²) in [7, 11) is 0. The van der Waals surface area contributed by atoms with Gasteiger partial charge < -0.3 is 4.90 Å². The van der Waals surface area contributed by atoms with Crippen LogP contribution in [0.4, 0.5) is 11.4 Å². The molecule has 0 amide bonds. The summed E-state index contributed by atoms with van der Waals surface area (Å²) in [6.07, 6.45) is 3.65. The second-order valence-corrected chi connectivity index (χ2v) is 5.36. The number of nitro benzene ring substituents is 1. The topological polar surface area (TPSA) is 46.4 Å². The summed E-state index contributed by atoms with van der Waals surface area (Å²) >= 11 is 5.96. The van der Waals surface area contributed by atoms with Crippen LogP contribution < -0.4 is 4.90 Å². The van der Waals surface area contributed by atoms with E-state index in [2.05, 4.69) is 11.8 Å². The van der Waals surface area contributed by atoms with Crippen molar-refractivity contribution in [1.29, 1.82) is 0 Å². The zero-order valence-corrected chi connectivity index (χ0v) is 11.9. The highest BCUT2D eigenvalue weighted by Gasteiger charge is 2.25. The number of benzene rings is 1. The van der Waals surface area contributed by atoms with Crippen LogP contribution in [-0.4, -0.2) is 18.0 Å². The lowest BCUT2D eigenvalue weighted by molar-refractivity contribution is -0.384. The van der Waals surface area contributed by atoms with Gasteiger partial charge in [0.25, 0.3) is 5.69 Å². The van der Waals surface area contributed by atoms with Crippen LogP contribution in [0.1, 0.15) is 31.7 Å². The van der Waals surface area contributed by atoms with Gasteiger partial charge >= 0.3 is 0 Å². The van der Waals surface area contributed by atoms with Crippen molar-refractivity contribution in [1.82, 2.24) is 0 Å². The van der Waals surface area contributed by atoms with E-state index < -0.39 is 0 Å². The lowest BCUT2D eigenvalue weighted by atomic mass is 10.1. The molecule has 1 aliphatic rings. The number of non-ortho nitro benzene ring substituents is 1.